The molecule has 1 N–H and O–H groups in total. The predicted molar refractivity (Wildman–Crippen MR) is 86.4 cm³/mol. The first-order valence-corrected chi connectivity index (χ1v) is 8.37. The zero-order valence-corrected chi connectivity index (χ0v) is 14.1. The van der Waals surface area contributed by atoms with Crippen molar-refractivity contribution in [3.63, 3.8) is 0 Å². The molecule has 21 heavy (non-hydrogen) atoms. The van der Waals surface area contributed by atoms with Gasteiger partial charge in [-0.3, -0.25) is 4.90 Å². The molecule has 2 heterocycles. The van der Waals surface area contributed by atoms with Gasteiger partial charge in [0.25, 0.3) is 0 Å². The molecule has 0 spiro atoms. The van der Waals surface area contributed by atoms with Gasteiger partial charge in [0.2, 0.25) is 5.89 Å². The van der Waals surface area contributed by atoms with Crippen LogP contribution >= 0.6 is 0 Å². The number of hydrogen-bond donors (Lipinski definition) is 1. The summed E-state index contributed by atoms with van der Waals surface area (Å²) in [6.07, 6.45) is 5.65. The third-order valence-electron chi connectivity index (χ3n) is 4.17. The van der Waals surface area contributed by atoms with Crippen LogP contribution in [0.5, 0.6) is 0 Å². The summed E-state index contributed by atoms with van der Waals surface area (Å²) in [5.74, 6) is 2.66. The molecule has 0 aromatic carbocycles. The van der Waals surface area contributed by atoms with E-state index in [2.05, 4.69) is 42.9 Å². The molecule has 1 aliphatic rings. The van der Waals surface area contributed by atoms with Crippen LogP contribution in [0.4, 0.5) is 0 Å². The van der Waals surface area contributed by atoms with Crippen molar-refractivity contribution in [3.8, 4) is 0 Å². The first kappa shape index (κ1) is 16.5. The van der Waals surface area contributed by atoms with E-state index in [9.17, 15) is 0 Å². The van der Waals surface area contributed by atoms with E-state index in [0.29, 0.717) is 0 Å². The fraction of sp³-hybridized carbons (Fsp3) is 0.824. The maximum atomic E-state index is 5.95. The predicted octanol–water partition coefficient (Wildman–Crippen LogP) is 3.18. The Morgan fingerprint density at radius 3 is 2.62 bits per heavy atom. The average Bonchev–Trinajstić information content (AvgIpc) is 2.89. The number of nitrogens with zero attached hydrogens (tertiary/aromatic N) is 2. The summed E-state index contributed by atoms with van der Waals surface area (Å²) in [5, 5.41) is 3.44. The Morgan fingerprint density at radius 2 is 2.05 bits per heavy atom. The van der Waals surface area contributed by atoms with Gasteiger partial charge in [-0.25, -0.2) is 4.98 Å². The van der Waals surface area contributed by atoms with Crippen molar-refractivity contribution in [2.24, 2.45) is 5.92 Å². The quantitative estimate of drug-likeness (QED) is 0.874. The Morgan fingerprint density at radius 1 is 1.33 bits per heavy atom. The van der Waals surface area contributed by atoms with Gasteiger partial charge in [0.15, 0.2) is 0 Å². The lowest BCUT2D eigenvalue weighted by Gasteiger charge is -2.29. The first-order chi connectivity index (χ1) is 9.99. The first-order valence-electron chi connectivity index (χ1n) is 8.37. The third kappa shape index (κ3) is 5.11. The fourth-order valence-electron chi connectivity index (χ4n) is 2.90. The van der Waals surface area contributed by atoms with E-state index in [4.69, 9.17) is 4.42 Å². The summed E-state index contributed by atoms with van der Waals surface area (Å²) < 4.78 is 5.95. The molecule has 1 aromatic rings. The second kappa shape index (κ2) is 7.41. The molecule has 0 atom stereocenters. The standard InChI is InChI=1S/C17H31N3O/c1-5-10-20(12-14-6-8-18-9-7-14)13-16-19-11-15(21-16)17(2,3)4/h11,14,18H,5-10,12-13H2,1-4H3. The van der Waals surface area contributed by atoms with Gasteiger partial charge in [0.1, 0.15) is 5.76 Å². The minimum atomic E-state index is 0.0376. The second-order valence-electron chi connectivity index (χ2n) is 7.30. The van der Waals surface area contributed by atoms with Crippen LogP contribution in [0.25, 0.3) is 0 Å². The summed E-state index contributed by atoms with van der Waals surface area (Å²) in [7, 11) is 0. The van der Waals surface area contributed by atoms with Crippen LogP contribution in [-0.2, 0) is 12.0 Å². The minimum absolute atomic E-state index is 0.0376. The molecular formula is C17H31N3O. The van der Waals surface area contributed by atoms with Crippen molar-refractivity contribution < 1.29 is 4.42 Å². The van der Waals surface area contributed by atoms with Crippen LogP contribution in [0.15, 0.2) is 10.6 Å². The van der Waals surface area contributed by atoms with Crippen LogP contribution in [0, 0.1) is 5.92 Å². The lowest BCUT2D eigenvalue weighted by molar-refractivity contribution is 0.181. The number of aromatic nitrogens is 1. The van der Waals surface area contributed by atoms with Crippen LogP contribution in [0.1, 0.15) is 58.6 Å². The summed E-state index contributed by atoms with van der Waals surface area (Å²) in [4.78, 5) is 6.99. The van der Waals surface area contributed by atoms with Crippen LogP contribution < -0.4 is 5.32 Å². The molecule has 0 amide bonds. The van der Waals surface area contributed by atoms with E-state index in [-0.39, 0.29) is 5.41 Å². The Balaban J connectivity index is 1.93. The minimum Gasteiger partial charge on any atom is -0.444 e. The summed E-state index contributed by atoms with van der Waals surface area (Å²) >= 11 is 0. The number of nitrogens with one attached hydrogen (secondary N) is 1. The highest BCUT2D eigenvalue weighted by atomic mass is 16.4. The smallest absolute Gasteiger partial charge is 0.208 e. The molecule has 1 saturated heterocycles. The van der Waals surface area contributed by atoms with Crippen molar-refractivity contribution in [1.82, 2.24) is 15.2 Å². The highest BCUT2D eigenvalue weighted by Crippen LogP contribution is 2.23. The van der Waals surface area contributed by atoms with Gasteiger partial charge in [-0.2, -0.15) is 0 Å². The molecule has 0 radical (unpaired) electrons. The van der Waals surface area contributed by atoms with Crippen molar-refractivity contribution in [2.45, 2.75) is 58.9 Å². The summed E-state index contributed by atoms with van der Waals surface area (Å²) in [6.45, 7) is 14.2. The van der Waals surface area contributed by atoms with Gasteiger partial charge >= 0.3 is 0 Å². The van der Waals surface area contributed by atoms with E-state index in [1.165, 1.54) is 25.8 Å². The van der Waals surface area contributed by atoms with Gasteiger partial charge < -0.3 is 9.73 Å². The zero-order valence-electron chi connectivity index (χ0n) is 14.1. The molecule has 1 aliphatic heterocycles. The fourth-order valence-corrected chi connectivity index (χ4v) is 2.90. The van der Waals surface area contributed by atoms with E-state index in [1.54, 1.807) is 0 Å². The van der Waals surface area contributed by atoms with Gasteiger partial charge in [-0.1, -0.05) is 27.7 Å². The monoisotopic (exact) mass is 293 g/mol. The van der Waals surface area contributed by atoms with Crippen molar-refractivity contribution in [1.29, 1.82) is 0 Å². The topological polar surface area (TPSA) is 41.3 Å². The van der Waals surface area contributed by atoms with Gasteiger partial charge in [0, 0.05) is 12.0 Å². The number of piperidine rings is 1. The Bertz CT molecular complexity index is 416. The molecule has 1 fully saturated rings. The zero-order chi connectivity index (χ0) is 15.3. The number of oxazole rings is 1. The molecule has 1 aromatic heterocycles. The highest BCUT2D eigenvalue weighted by Gasteiger charge is 2.21. The highest BCUT2D eigenvalue weighted by molar-refractivity contribution is 5.06. The van der Waals surface area contributed by atoms with Gasteiger partial charge in [-0.15, -0.1) is 0 Å². The van der Waals surface area contributed by atoms with E-state index in [0.717, 1.165) is 43.7 Å². The Labute approximate surface area is 129 Å². The lowest BCUT2D eigenvalue weighted by atomic mass is 9.94. The van der Waals surface area contributed by atoms with E-state index in [1.807, 2.05) is 6.20 Å². The van der Waals surface area contributed by atoms with Crippen LogP contribution in [0.3, 0.4) is 0 Å². The molecule has 2 rings (SSSR count). The molecule has 120 valence electrons. The number of rotatable bonds is 6. The van der Waals surface area contributed by atoms with Crippen molar-refractivity contribution in [3.05, 3.63) is 17.8 Å². The maximum Gasteiger partial charge on any atom is 0.208 e. The second-order valence-corrected chi connectivity index (χ2v) is 7.30. The molecule has 0 aliphatic carbocycles. The van der Waals surface area contributed by atoms with Crippen LogP contribution in [-0.4, -0.2) is 36.1 Å². The normalized spacial score (nSPS) is 17.6. The van der Waals surface area contributed by atoms with Crippen molar-refractivity contribution in [2.75, 3.05) is 26.2 Å². The van der Waals surface area contributed by atoms with E-state index < -0.39 is 0 Å². The number of hydrogen-bond acceptors (Lipinski definition) is 4. The SMILES string of the molecule is CCCN(Cc1ncc(C(C)(C)C)o1)CC1CCNCC1. The van der Waals surface area contributed by atoms with E-state index >= 15 is 0 Å². The molecule has 0 unspecified atom stereocenters. The molecule has 4 nitrogen and oxygen atoms in total. The Kier molecular flexibility index (Phi) is 5.82. The largest absolute Gasteiger partial charge is 0.444 e. The Hall–Kier alpha value is -0.870. The third-order valence-corrected chi connectivity index (χ3v) is 4.17. The summed E-state index contributed by atoms with van der Waals surface area (Å²) in [6, 6.07) is 0. The molecule has 0 saturated carbocycles. The lowest BCUT2D eigenvalue weighted by Crippen LogP contribution is -2.36. The van der Waals surface area contributed by atoms with Gasteiger partial charge in [-0.05, 0) is 44.8 Å². The average molecular weight is 293 g/mol. The van der Waals surface area contributed by atoms with Crippen molar-refractivity contribution >= 4 is 0 Å². The van der Waals surface area contributed by atoms with Crippen LogP contribution in [0.2, 0.25) is 0 Å². The molecular weight excluding hydrogens is 262 g/mol. The maximum absolute atomic E-state index is 5.95. The summed E-state index contributed by atoms with van der Waals surface area (Å²) in [5.41, 5.74) is 0.0376. The molecule has 4 heteroatoms. The molecule has 0 bridgehead atoms. The van der Waals surface area contributed by atoms with Gasteiger partial charge in [0.05, 0.1) is 12.7 Å².